The molecule has 0 unspecified atom stereocenters. The average Bonchev–Trinajstić information content (AvgIpc) is 2.97. The van der Waals surface area contributed by atoms with E-state index in [-0.39, 0.29) is 0 Å². The Labute approximate surface area is 148 Å². The van der Waals surface area contributed by atoms with Gasteiger partial charge in [0.1, 0.15) is 11.4 Å². The first-order valence-corrected chi connectivity index (χ1v) is 8.87. The summed E-state index contributed by atoms with van der Waals surface area (Å²) >= 11 is 5.20. The number of hydrogen-bond donors (Lipinski definition) is 2. The molecule has 2 N–H and O–H groups in total. The summed E-state index contributed by atoms with van der Waals surface area (Å²) in [5.74, 6) is 0.636. The second-order valence-corrected chi connectivity index (χ2v) is 7.92. The van der Waals surface area contributed by atoms with Gasteiger partial charge < -0.3 is 10.1 Å². The number of anilines is 1. The molecule has 2 aromatic rings. The molecule has 0 aliphatic rings. The maximum absolute atomic E-state index is 11.9. The van der Waals surface area contributed by atoms with E-state index in [1.807, 2.05) is 32.2 Å². The zero-order chi connectivity index (χ0) is 17.0. The zero-order valence-electron chi connectivity index (χ0n) is 13.6. The second-order valence-electron chi connectivity index (χ2n) is 6.06. The molecule has 0 aliphatic carbocycles. The van der Waals surface area contributed by atoms with Gasteiger partial charge in [-0.05, 0) is 48.1 Å². The Balaban J connectivity index is 1.95. The predicted molar refractivity (Wildman–Crippen MR) is 95.6 cm³/mol. The first-order valence-electron chi connectivity index (χ1n) is 7.20. The molecular formula is C15H21BrN4O2S. The number of ether oxygens (including phenoxy) is 1. The Morgan fingerprint density at radius 1 is 1.43 bits per heavy atom. The van der Waals surface area contributed by atoms with Crippen LogP contribution in [0.25, 0.3) is 0 Å². The molecule has 0 aliphatic heterocycles. The smallest absolute Gasteiger partial charge is 0.413 e. The van der Waals surface area contributed by atoms with Gasteiger partial charge >= 0.3 is 6.09 Å². The number of thiophene rings is 1. The Hall–Kier alpha value is -1.38. The van der Waals surface area contributed by atoms with Crippen molar-refractivity contribution in [3.05, 3.63) is 32.6 Å². The summed E-state index contributed by atoms with van der Waals surface area (Å²) in [5.41, 5.74) is 0.373. The second kappa shape index (κ2) is 7.46. The van der Waals surface area contributed by atoms with E-state index in [4.69, 9.17) is 4.74 Å². The highest BCUT2D eigenvalue weighted by Gasteiger charge is 2.19. The molecule has 0 saturated carbocycles. The van der Waals surface area contributed by atoms with Gasteiger partial charge in [0, 0.05) is 35.1 Å². The van der Waals surface area contributed by atoms with Gasteiger partial charge in [0.15, 0.2) is 0 Å². The number of nitrogens with zero attached hydrogens (tertiary/aromatic N) is 2. The van der Waals surface area contributed by atoms with Crippen LogP contribution in [0.2, 0.25) is 0 Å². The molecule has 0 atom stereocenters. The fraction of sp³-hybridized carbons (Fsp3) is 0.467. The summed E-state index contributed by atoms with van der Waals surface area (Å²) in [5, 5.41) is 12.4. The van der Waals surface area contributed by atoms with Crippen molar-refractivity contribution in [3.63, 3.8) is 0 Å². The molecule has 2 rings (SSSR count). The molecule has 0 radical (unpaired) electrons. The Bertz CT molecular complexity index is 675. The van der Waals surface area contributed by atoms with E-state index >= 15 is 0 Å². The monoisotopic (exact) mass is 400 g/mol. The van der Waals surface area contributed by atoms with E-state index in [2.05, 4.69) is 31.7 Å². The van der Waals surface area contributed by atoms with Gasteiger partial charge in [-0.2, -0.15) is 5.10 Å². The number of aryl methyl sites for hydroxylation is 1. The highest BCUT2D eigenvalue weighted by atomic mass is 79.9. The Morgan fingerprint density at radius 2 is 2.17 bits per heavy atom. The van der Waals surface area contributed by atoms with Crippen LogP contribution in [-0.2, 0) is 24.9 Å². The molecule has 8 heteroatoms. The maximum atomic E-state index is 11.9. The molecule has 23 heavy (non-hydrogen) atoms. The minimum Gasteiger partial charge on any atom is -0.444 e. The van der Waals surface area contributed by atoms with Crippen LogP contribution in [0.3, 0.4) is 0 Å². The van der Waals surface area contributed by atoms with Gasteiger partial charge in [0.25, 0.3) is 0 Å². The average molecular weight is 401 g/mol. The topological polar surface area (TPSA) is 68.2 Å². The van der Waals surface area contributed by atoms with Crippen molar-refractivity contribution >= 4 is 39.2 Å². The largest absolute Gasteiger partial charge is 0.444 e. The third kappa shape index (κ3) is 5.33. The van der Waals surface area contributed by atoms with E-state index in [0.29, 0.717) is 12.4 Å². The van der Waals surface area contributed by atoms with Crippen LogP contribution in [0.1, 0.15) is 31.2 Å². The Morgan fingerprint density at radius 3 is 2.78 bits per heavy atom. The summed E-state index contributed by atoms with van der Waals surface area (Å²) in [6.45, 7) is 6.84. The van der Waals surface area contributed by atoms with Gasteiger partial charge in [-0.3, -0.25) is 10.00 Å². The number of hydrogen-bond acceptors (Lipinski definition) is 5. The minimum atomic E-state index is -0.535. The molecule has 2 aromatic heterocycles. The highest BCUT2D eigenvalue weighted by molar-refractivity contribution is 9.10. The van der Waals surface area contributed by atoms with E-state index < -0.39 is 11.7 Å². The van der Waals surface area contributed by atoms with Crippen molar-refractivity contribution in [2.24, 2.45) is 7.05 Å². The number of rotatable bonds is 5. The summed E-state index contributed by atoms with van der Waals surface area (Å²) in [7, 11) is 1.78. The normalized spacial score (nSPS) is 11.5. The number of carbonyl (C=O) groups excluding carboxylic acids is 1. The van der Waals surface area contributed by atoms with Crippen LogP contribution in [-0.4, -0.2) is 21.5 Å². The fourth-order valence-corrected chi connectivity index (χ4v) is 3.40. The number of aromatic nitrogens is 2. The zero-order valence-corrected chi connectivity index (χ0v) is 16.0. The molecule has 0 saturated heterocycles. The van der Waals surface area contributed by atoms with Crippen molar-refractivity contribution in [1.82, 2.24) is 15.1 Å². The van der Waals surface area contributed by atoms with Gasteiger partial charge in [0.05, 0.1) is 6.20 Å². The number of carbonyl (C=O) groups is 1. The molecule has 0 bridgehead atoms. The summed E-state index contributed by atoms with van der Waals surface area (Å²) in [4.78, 5) is 13.2. The van der Waals surface area contributed by atoms with Crippen molar-refractivity contribution in [1.29, 1.82) is 0 Å². The maximum Gasteiger partial charge on any atom is 0.413 e. The van der Waals surface area contributed by atoms with Crippen LogP contribution in [0.15, 0.2) is 22.1 Å². The quantitative estimate of drug-likeness (QED) is 0.798. The lowest BCUT2D eigenvalue weighted by atomic mass is 10.2. The molecule has 0 fully saturated rings. The van der Waals surface area contributed by atoms with Crippen LogP contribution < -0.4 is 10.6 Å². The van der Waals surface area contributed by atoms with Crippen molar-refractivity contribution in [2.45, 2.75) is 39.5 Å². The van der Waals surface area contributed by atoms with E-state index in [9.17, 15) is 4.79 Å². The van der Waals surface area contributed by atoms with Crippen LogP contribution in [0.4, 0.5) is 10.6 Å². The first kappa shape index (κ1) is 18.0. The van der Waals surface area contributed by atoms with Crippen molar-refractivity contribution in [3.8, 4) is 0 Å². The first-order chi connectivity index (χ1) is 10.8. The van der Waals surface area contributed by atoms with Gasteiger partial charge in [-0.15, -0.1) is 11.3 Å². The Kier molecular flexibility index (Phi) is 5.83. The molecule has 0 aromatic carbocycles. The van der Waals surface area contributed by atoms with E-state index in [1.165, 1.54) is 4.88 Å². The third-order valence-corrected chi connectivity index (χ3v) is 4.85. The number of nitrogens with one attached hydrogen (secondary N) is 2. The molecule has 2 heterocycles. The van der Waals surface area contributed by atoms with E-state index in [0.717, 1.165) is 16.6 Å². The van der Waals surface area contributed by atoms with Crippen molar-refractivity contribution in [2.75, 3.05) is 5.32 Å². The van der Waals surface area contributed by atoms with Crippen LogP contribution in [0.5, 0.6) is 0 Å². The van der Waals surface area contributed by atoms with E-state index in [1.54, 1.807) is 29.3 Å². The lowest BCUT2D eigenvalue weighted by Crippen LogP contribution is -2.28. The van der Waals surface area contributed by atoms with Crippen LogP contribution in [0, 0.1) is 0 Å². The van der Waals surface area contributed by atoms with Crippen molar-refractivity contribution < 1.29 is 9.53 Å². The molecule has 0 spiro atoms. The van der Waals surface area contributed by atoms with Gasteiger partial charge in [-0.25, -0.2) is 4.79 Å². The summed E-state index contributed by atoms with van der Waals surface area (Å²) < 4.78 is 8.02. The lowest BCUT2D eigenvalue weighted by molar-refractivity contribution is 0.0634. The third-order valence-electron chi connectivity index (χ3n) is 2.93. The standard InChI is InChI=1S/C15H21BrN4O2S/c1-15(2,3)22-14(21)19-13-10(8-18-20(13)4)7-17-9-12-11(16)5-6-23-12/h5-6,8,17H,7,9H2,1-4H3,(H,19,21). The van der Waals surface area contributed by atoms with Gasteiger partial charge in [-0.1, -0.05) is 0 Å². The SMILES string of the molecule is Cn1ncc(CNCc2sccc2Br)c1NC(=O)OC(C)(C)C. The molecule has 126 valence electrons. The predicted octanol–water partition coefficient (Wildman–Crippen LogP) is 3.88. The highest BCUT2D eigenvalue weighted by Crippen LogP contribution is 2.22. The summed E-state index contributed by atoms with van der Waals surface area (Å²) in [6, 6.07) is 2.03. The fourth-order valence-electron chi connectivity index (χ4n) is 1.94. The number of halogens is 1. The van der Waals surface area contributed by atoms with Crippen LogP contribution >= 0.6 is 27.3 Å². The molecule has 6 nitrogen and oxygen atoms in total. The van der Waals surface area contributed by atoms with Gasteiger partial charge in [0.2, 0.25) is 0 Å². The molecule has 1 amide bonds. The number of amides is 1. The summed E-state index contributed by atoms with van der Waals surface area (Å²) in [6.07, 6.45) is 1.26. The lowest BCUT2D eigenvalue weighted by Gasteiger charge is -2.20. The molecular weight excluding hydrogens is 380 g/mol. The minimum absolute atomic E-state index is 0.483.